The normalized spacial score (nSPS) is 10.1. The lowest BCUT2D eigenvalue weighted by molar-refractivity contribution is 0.292. The van der Waals surface area contributed by atoms with Crippen LogP contribution in [0, 0.1) is 11.3 Å². The van der Waals surface area contributed by atoms with Gasteiger partial charge in [0.15, 0.2) is 0 Å². The summed E-state index contributed by atoms with van der Waals surface area (Å²) in [6, 6.07) is 6.89. The zero-order chi connectivity index (χ0) is 13.1. The van der Waals surface area contributed by atoms with Gasteiger partial charge in [0.2, 0.25) is 0 Å². The van der Waals surface area contributed by atoms with E-state index in [1.807, 2.05) is 6.07 Å². The molecule has 92 valence electrons. The van der Waals surface area contributed by atoms with Gasteiger partial charge in [0.1, 0.15) is 29.4 Å². The minimum Gasteiger partial charge on any atom is -0.486 e. The Balaban J connectivity index is 2.09. The second-order valence-electron chi connectivity index (χ2n) is 3.60. The van der Waals surface area contributed by atoms with E-state index in [0.717, 1.165) is 0 Å². The average molecular weight is 282 g/mol. The van der Waals surface area contributed by atoms with Gasteiger partial charge in [-0.1, -0.05) is 23.2 Å². The predicted octanol–water partition coefficient (Wildman–Crippen LogP) is 3.18. The molecular formula is C12H9Cl2N3O. The van der Waals surface area contributed by atoms with Gasteiger partial charge < -0.3 is 9.30 Å². The van der Waals surface area contributed by atoms with Crippen LogP contribution in [0.2, 0.25) is 10.2 Å². The van der Waals surface area contributed by atoms with Crippen LogP contribution in [0.25, 0.3) is 0 Å². The van der Waals surface area contributed by atoms with Crippen molar-refractivity contribution in [2.75, 3.05) is 0 Å². The van der Waals surface area contributed by atoms with E-state index >= 15 is 0 Å². The number of imidazole rings is 1. The first-order chi connectivity index (χ1) is 8.61. The Kier molecular flexibility index (Phi) is 3.75. The number of ether oxygens (including phenoxy) is 1. The molecule has 1 aromatic heterocycles. The SMILES string of the molecule is Cn1c(Cl)cnc1COc1ccc(C#N)c(Cl)c1. The summed E-state index contributed by atoms with van der Waals surface area (Å²) < 4.78 is 7.26. The first kappa shape index (κ1) is 12.7. The van der Waals surface area contributed by atoms with Crippen LogP contribution in [0.15, 0.2) is 24.4 Å². The summed E-state index contributed by atoms with van der Waals surface area (Å²) in [6.07, 6.45) is 1.56. The Morgan fingerprint density at radius 1 is 1.44 bits per heavy atom. The van der Waals surface area contributed by atoms with Crippen molar-refractivity contribution in [1.82, 2.24) is 9.55 Å². The molecule has 6 heteroatoms. The van der Waals surface area contributed by atoms with E-state index in [1.165, 1.54) is 0 Å². The molecule has 0 saturated heterocycles. The minimum atomic E-state index is 0.283. The highest BCUT2D eigenvalue weighted by Crippen LogP contribution is 2.22. The van der Waals surface area contributed by atoms with Crippen LogP contribution in [-0.4, -0.2) is 9.55 Å². The number of nitrogens with zero attached hydrogens (tertiary/aromatic N) is 3. The molecule has 0 spiro atoms. The lowest BCUT2D eigenvalue weighted by Gasteiger charge is -2.07. The van der Waals surface area contributed by atoms with Crippen LogP contribution in [0.4, 0.5) is 0 Å². The third-order valence-corrected chi connectivity index (χ3v) is 3.12. The van der Waals surface area contributed by atoms with E-state index < -0.39 is 0 Å². The molecule has 0 saturated carbocycles. The zero-order valence-electron chi connectivity index (χ0n) is 9.52. The van der Waals surface area contributed by atoms with E-state index in [2.05, 4.69) is 4.98 Å². The molecule has 0 bridgehead atoms. The van der Waals surface area contributed by atoms with E-state index in [0.29, 0.717) is 27.3 Å². The Labute approximate surface area is 114 Å². The highest BCUT2D eigenvalue weighted by Gasteiger charge is 2.06. The van der Waals surface area contributed by atoms with E-state index in [1.54, 1.807) is 36.0 Å². The van der Waals surface area contributed by atoms with Crippen molar-refractivity contribution in [2.45, 2.75) is 6.61 Å². The third kappa shape index (κ3) is 2.58. The summed E-state index contributed by atoms with van der Waals surface area (Å²) in [5.41, 5.74) is 0.420. The molecule has 0 aliphatic carbocycles. The number of hydrogen-bond acceptors (Lipinski definition) is 3. The van der Waals surface area contributed by atoms with Gasteiger partial charge in [0.25, 0.3) is 0 Å². The van der Waals surface area contributed by atoms with Crippen LogP contribution in [-0.2, 0) is 13.7 Å². The topological polar surface area (TPSA) is 50.8 Å². The van der Waals surface area contributed by atoms with Gasteiger partial charge in [-0.05, 0) is 12.1 Å². The summed E-state index contributed by atoms with van der Waals surface area (Å²) >= 11 is 11.8. The minimum absolute atomic E-state index is 0.283. The molecule has 18 heavy (non-hydrogen) atoms. The van der Waals surface area contributed by atoms with Crippen molar-refractivity contribution in [3.63, 3.8) is 0 Å². The maximum Gasteiger partial charge on any atom is 0.147 e. The lowest BCUT2D eigenvalue weighted by atomic mass is 10.2. The Bertz CT molecular complexity index is 616. The fraction of sp³-hybridized carbons (Fsp3) is 0.167. The van der Waals surface area contributed by atoms with Crippen LogP contribution in [0.5, 0.6) is 5.75 Å². The van der Waals surface area contributed by atoms with Crippen molar-refractivity contribution in [2.24, 2.45) is 7.05 Å². The average Bonchev–Trinajstić information content (AvgIpc) is 2.68. The smallest absolute Gasteiger partial charge is 0.147 e. The fourth-order valence-electron chi connectivity index (χ4n) is 1.38. The van der Waals surface area contributed by atoms with Gasteiger partial charge in [0, 0.05) is 13.1 Å². The first-order valence-electron chi connectivity index (χ1n) is 5.10. The van der Waals surface area contributed by atoms with Gasteiger partial charge >= 0.3 is 0 Å². The highest BCUT2D eigenvalue weighted by molar-refractivity contribution is 6.31. The first-order valence-corrected chi connectivity index (χ1v) is 5.86. The number of benzene rings is 1. The standard InChI is InChI=1S/C12H9Cl2N3O/c1-17-11(14)6-16-12(17)7-18-9-3-2-8(5-15)10(13)4-9/h2-4,6H,7H2,1H3. The maximum absolute atomic E-state index is 8.75. The Morgan fingerprint density at radius 3 is 2.78 bits per heavy atom. The van der Waals surface area contributed by atoms with E-state index in [-0.39, 0.29) is 6.61 Å². The lowest BCUT2D eigenvalue weighted by Crippen LogP contribution is -2.03. The molecule has 0 radical (unpaired) electrons. The molecular weight excluding hydrogens is 273 g/mol. The molecule has 0 fully saturated rings. The van der Waals surface area contributed by atoms with Gasteiger partial charge in [-0.3, -0.25) is 0 Å². The van der Waals surface area contributed by atoms with E-state index in [9.17, 15) is 0 Å². The second-order valence-corrected chi connectivity index (χ2v) is 4.39. The number of hydrogen-bond donors (Lipinski definition) is 0. The molecule has 4 nitrogen and oxygen atoms in total. The Morgan fingerprint density at radius 2 is 2.22 bits per heavy atom. The Hall–Kier alpha value is -1.70. The molecule has 0 aliphatic rings. The van der Waals surface area contributed by atoms with E-state index in [4.69, 9.17) is 33.2 Å². The summed E-state index contributed by atoms with van der Waals surface area (Å²) in [5.74, 6) is 1.29. The quantitative estimate of drug-likeness (QED) is 0.868. The van der Waals surface area contributed by atoms with Crippen molar-refractivity contribution in [1.29, 1.82) is 5.26 Å². The molecule has 2 aromatic rings. The van der Waals surface area contributed by atoms with Crippen molar-refractivity contribution in [3.05, 3.63) is 46.0 Å². The molecule has 0 amide bonds. The number of aromatic nitrogens is 2. The van der Waals surface area contributed by atoms with Crippen molar-refractivity contribution < 1.29 is 4.74 Å². The summed E-state index contributed by atoms with van der Waals surface area (Å²) in [7, 11) is 1.81. The van der Waals surface area contributed by atoms with Crippen molar-refractivity contribution in [3.8, 4) is 11.8 Å². The molecule has 1 aromatic carbocycles. The van der Waals surface area contributed by atoms with Crippen molar-refractivity contribution >= 4 is 23.2 Å². The number of nitriles is 1. The van der Waals surface area contributed by atoms with Crippen LogP contribution >= 0.6 is 23.2 Å². The van der Waals surface area contributed by atoms with Gasteiger partial charge in [-0.2, -0.15) is 5.26 Å². The molecule has 0 unspecified atom stereocenters. The largest absolute Gasteiger partial charge is 0.486 e. The maximum atomic E-state index is 8.75. The van der Waals surface area contributed by atoms with Crippen LogP contribution < -0.4 is 4.74 Å². The monoisotopic (exact) mass is 281 g/mol. The molecule has 0 N–H and O–H groups in total. The molecule has 0 atom stereocenters. The van der Waals surface area contributed by atoms with Gasteiger partial charge in [-0.25, -0.2) is 4.98 Å². The highest BCUT2D eigenvalue weighted by atomic mass is 35.5. The number of rotatable bonds is 3. The summed E-state index contributed by atoms with van der Waals surface area (Å²) in [5, 5.41) is 9.67. The summed E-state index contributed by atoms with van der Waals surface area (Å²) in [6.45, 7) is 0.283. The third-order valence-electron chi connectivity index (χ3n) is 2.46. The van der Waals surface area contributed by atoms with Gasteiger partial charge in [-0.15, -0.1) is 0 Å². The summed E-state index contributed by atoms with van der Waals surface area (Å²) in [4.78, 5) is 4.11. The molecule has 2 rings (SSSR count). The van der Waals surface area contributed by atoms with Crippen LogP contribution in [0.1, 0.15) is 11.4 Å². The predicted molar refractivity (Wildman–Crippen MR) is 68.7 cm³/mol. The molecule has 1 heterocycles. The molecule has 0 aliphatic heterocycles. The number of halogens is 2. The zero-order valence-corrected chi connectivity index (χ0v) is 11.0. The second kappa shape index (κ2) is 5.30. The van der Waals surface area contributed by atoms with Crippen LogP contribution in [0.3, 0.4) is 0 Å². The van der Waals surface area contributed by atoms with Gasteiger partial charge in [0.05, 0.1) is 16.8 Å². The fourth-order valence-corrected chi connectivity index (χ4v) is 1.74.